The Bertz CT molecular complexity index is 485. The van der Waals surface area contributed by atoms with Gasteiger partial charge >= 0.3 is 0 Å². The molecule has 0 fully saturated rings. The number of thiazole rings is 1. The number of aromatic nitrogens is 1. The molecule has 1 aromatic heterocycles. The first-order valence-electron chi connectivity index (χ1n) is 4.25. The molecule has 0 aliphatic rings. The summed E-state index contributed by atoms with van der Waals surface area (Å²) in [5, 5.41) is 0. The molecule has 0 saturated heterocycles. The van der Waals surface area contributed by atoms with Crippen LogP contribution in [0, 0.1) is 0 Å². The Kier molecular flexibility index (Phi) is 4.87. The molecule has 1 heterocycles. The van der Waals surface area contributed by atoms with Crippen molar-refractivity contribution in [2.75, 3.05) is 12.0 Å². The van der Waals surface area contributed by atoms with E-state index in [0.29, 0.717) is 0 Å². The topological polar surface area (TPSA) is 76.1 Å². The first kappa shape index (κ1) is 14.0. The fourth-order valence-electron chi connectivity index (χ4n) is 1.07. The van der Waals surface area contributed by atoms with Gasteiger partial charge in [-0.2, -0.15) is 0 Å². The molecule has 1 aromatic rings. The molecule has 1 N–H and O–H groups in total. The summed E-state index contributed by atoms with van der Waals surface area (Å²) < 4.78 is 37.0. The highest BCUT2D eigenvalue weighted by atomic mass is 35.5. The molecule has 2 unspecified atom stereocenters. The van der Waals surface area contributed by atoms with E-state index in [0.717, 1.165) is 11.3 Å². The number of rotatable bonds is 5. The van der Waals surface area contributed by atoms with Crippen molar-refractivity contribution in [3.05, 3.63) is 10.7 Å². The van der Waals surface area contributed by atoms with E-state index in [1.165, 1.54) is 12.5 Å². The number of hydrogen-bond donors (Lipinski definition) is 1. The molecule has 5 nitrogen and oxygen atoms in total. The van der Waals surface area contributed by atoms with Gasteiger partial charge in [0.15, 0.2) is 8.68 Å². The second-order valence-electron chi connectivity index (χ2n) is 3.19. The molecule has 0 aliphatic heterocycles. The van der Waals surface area contributed by atoms with Crippen molar-refractivity contribution >= 4 is 43.8 Å². The molecule has 2 atom stereocenters. The predicted octanol–water partition coefficient (Wildman–Crippen LogP) is 0.842. The van der Waals surface area contributed by atoms with Gasteiger partial charge in [0.05, 0.1) is 6.20 Å². The van der Waals surface area contributed by atoms with Crippen LogP contribution in [0.1, 0.15) is 6.92 Å². The second-order valence-corrected chi connectivity index (χ2v) is 8.23. The first-order chi connectivity index (χ1) is 7.31. The van der Waals surface area contributed by atoms with E-state index in [1.807, 2.05) is 0 Å². The van der Waals surface area contributed by atoms with E-state index in [-0.39, 0.29) is 14.4 Å². The van der Waals surface area contributed by atoms with Gasteiger partial charge in [-0.25, -0.2) is 18.1 Å². The van der Waals surface area contributed by atoms with Crippen LogP contribution in [0.2, 0.25) is 4.47 Å². The van der Waals surface area contributed by atoms with Crippen molar-refractivity contribution in [2.24, 2.45) is 0 Å². The van der Waals surface area contributed by atoms with Crippen LogP contribution in [0.3, 0.4) is 0 Å². The Morgan fingerprint density at radius 1 is 1.69 bits per heavy atom. The molecule has 0 amide bonds. The summed E-state index contributed by atoms with van der Waals surface area (Å²) in [6.07, 6.45) is 2.72. The third-order valence-corrected chi connectivity index (χ3v) is 5.70. The lowest BCUT2D eigenvalue weighted by Crippen LogP contribution is -2.35. The van der Waals surface area contributed by atoms with Gasteiger partial charge in [-0.05, 0) is 6.92 Å². The quantitative estimate of drug-likeness (QED) is 0.874. The molecule has 9 heteroatoms. The van der Waals surface area contributed by atoms with Crippen LogP contribution in [0.25, 0.3) is 0 Å². The smallest absolute Gasteiger partial charge is 0.251 e. The molecule has 16 heavy (non-hydrogen) atoms. The number of halogens is 1. The minimum Gasteiger partial charge on any atom is -0.260 e. The fraction of sp³-hybridized carbons (Fsp3) is 0.571. The Morgan fingerprint density at radius 3 is 2.75 bits per heavy atom. The maximum absolute atomic E-state index is 11.7. The van der Waals surface area contributed by atoms with Crippen LogP contribution in [0.4, 0.5) is 0 Å². The monoisotopic (exact) mass is 302 g/mol. The van der Waals surface area contributed by atoms with Crippen LogP contribution in [0.5, 0.6) is 0 Å². The molecule has 0 aliphatic carbocycles. The minimum absolute atomic E-state index is 0.0613. The molecule has 0 radical (unpaired) electrons. The molecule has 0 bridgehead atoms. The van der Waals surface area contributed by atoms with E-state index < -0.39 is 26.9 Å². The van der Waals surface area contributed by atoms with E-state index in [4.69, 9.17) is 11.6 Å². The van der Waals surface area contributed by atoms with Crippen molar-refractivity contribution in [1.82, 2.24) is 9.71 Å². The van der Waals surface area contributed by atoms with E-state index >= 15 is 0 Å². The Hall–Kier alpha value is -0.0200. The average Bonchev–Trinajstić information content (AvgIpc) is 2.49. The van der Waals surface area contributed by atoms with Gasteiger partial charge in [0.1, 0.15) is 0 Å². The first-order valence-corrected chi connectivity index (χ1v) is 8.65. The van der Waals surface area contributed by atoms with Gasteiger partial charge in [0, 0.05) is 28.9 Å². The van der Waals surface area contributed by atoms with Gasteiger partial charge in [0.25, 0.3) is 10.0 Å². The third kappa shape index (κ3) is 4.10. The maximum atomic E-state index is 11.7. The van der Waals surface area contributed by atoms with E-state index in [9.17, 15) is 12.6 Å². The molecule has 1 rings (SSSR count). The number of nitrogens with one attached hydrogen (secondary N) is 1. The average molecular weight is 303 g/mol. The normalized spacial score (nSPS) is 15.9. The molecule has 0 aromatic carbocycles. The molecule has 0 spiro atoms. The zero-order valence-electron chi connectivity index (χ0n) is 8.64. The van der Waals surface area contributed by atoms with Crippen LogP contribution in [-0.4, -0.2) is 35.7 Å². The highest BCUT2D eigenvalue weighted by molar-refractivity contribution is 7.91. The number of sulfonamides is 1. The summed E-state index contributed by atoms with van der Waals surface area (Å²) in [5.41, 5.74) is 0. The predicted molar refractivity (Wildman–Crippen MR) is 65.8 cm³/mol. The van der Waals surface area contributed by atoms with Crippen LogP contribution in [-0.2, 0) is 20.8 Å². The van der Waals surface area contributed by atoms with Crippen molar-refractivity contribution in [1.29, 1.82) is 0 Å². The molecular formula is C7H11ClN2O3S3. The summed E-state index contributed by atoms with van der Waals surface area (Å²) in [7, 11) is -4.64. The lowest BCUT2D eigenvalue weighted by atomic mass is 10.4. The largest absolute Gasteiger partial charge is 0.260 e. The van der Waals surface area contributed by atoms with Gasteiger partial charge in [-0.15, -0.1) is 0 Å². The summed E-state index contributed by atoms with van der Waals surface area (Å²) in [6.45, 7) is 1.65. The maximum Gasteiger partial charge on any atom is 0.251 e. The van der Waals surface area contributed by atoms with E-state index in [2.05, 4.69) is 9.71 Å². The molecular weight excluding hydrogens is 292 g/mol. The summed E-state index contributed by atoms with van der Waals surface area (Å²) >= 11 is 6.44. The summed E-state index contributed by atoms with van der Waals surface area (Å²) in [6, 6.07) is -0.392. The Labute approximate surface area is 106 Å². The zero-order valence-corrected chi connectivity index (χ0v) is 11.8. The van der Waals surface area contributed by atoms with Crippen molar-refractivity contribution in [2.45, 2.75) is 17.2 Å². The summed E-state index contributed by atoms with van der Waals surface area (Å²) in [4.78, 5) is 3.66. The number of nitrogens with zero attached hydrogens (tertiary/aromatic N) is 1. The SMILES string of the molecule is CC(CS(C)=O)NS(=O)(=O)c1cnc(Cl)s1. The van der Waals surface area contributed by atoms with Gasteiger partial charge < -0.3 is 0 Å². The highest BCUT2D eigenvalue weighted by Crippen LogP contribution is 2.22. The third-order valence-electron chi connectivity index (χ3n) is 1.56. The molecule has 0 saturated carbocycles. The zero-order chi connectivity index (χ0) is 12.3. The van der Waals surface area contributed by atoms with Gasteiger partial charge in [0.2, 0.25) is 0 Å². The van der Waals surface area contributed by atoms with Crippen molar-refractivity contribution in [3.63, 3.8) is 0 Å². The van der Waals surface area contributed by atoms with Crippen molar-refractivity contribution in [3.8, 4) is 0 Å². The minimum atomic E-state index is -3.60. The lowest BCUT2D eigenvalue weighted by Gasteiger charge is -2.11. The highest BCUT2D eigenvalue weighted by Gasteiger charge is 2.20. The lowest BCUT2D eigenvalue weighted by molar-refractivity contribution is 0.572. The van der Waals surface area contributed by atoms with Crippen LogP contribution < -0.4 is 4.72 Å². The Morgan fingerprint density at radius 2 is 2.31 bits per heavy atom. The van der Waals surface area contributed by atoms with Gasteiger partial charge in [-0.3, -0.25) is 4.21 Å². The fourth-order valence-corrected chi connectivity index (χ4v) is 4.52. The van der Waals surface area contributed by atoms with Crippen LogP contribution >= 0.6 is 22.9 Å². The van der Waals surface area contributed by atoms with Crippen molar-refractivity contribution < 1.29 is 12.6 Å². The van der Waals surface area contributed by atoms with Crippen LogP contribution in [0.15, 0.2) is 10.4 Å². The number of hydrogen-bond acceptors (Lipinski definition) is 5. The standard InChI is InChI=1S/C7H11ClN2O3S3/c1-5(4-15(2)11)10-16(12,13)6-3-9-7(8)14-6/h3,5,10H,4H2,1-2H3. The van der Waals surface area contributed by atoms with E-state index in [1.54, 1.807) is 6.92 Å². The second kappa shape index (κ2) is 5.54. The van der Waals surface area contributed by atoms with Gasteiger partial charge in [-0.1, -0.05) is 22.9 Å². The summed E-state index contributed by atoms with van der Waals surface area (Å²) in [5.74, 6) is 0.270. The Balaban J connectivity index is 2.76. The molecule has 92 valence electrons.